The maximum atomic E-state index is 13.0. The molecular weight excluding hydrogens is 460 g/mol. The van der Waals surface area contributed by atoms with Crippen molar-refractivity contribution in [3.05, 3.63) is 59.3 Å². The number of benzene rings is 1. The smallest absolute Gasteiger partial charge is 0.273 e. The molecule has 11 nitrogen and oxygen atoms in total. The summed E-state index contributed by atoms with van der Waals surface area (Å²) in [6, 6.07) is 7.11. The fourth-order valence-electron chi connectivity index (χ4n) is 5.03. The van der Waals surface area contributed by atoms with Gasteiger partial charge in [0.1, 0.15) is 23.6 Å². The molecule has 0 unspecified atom stereocenters. The highest BCUT2D eigenvalue weighted by Gasteiger charge is 2.28. The summed E-state index contributed by atoms with van der Waals surface area (Å²) < 4.78 is 0. The normalized spacial score (nSPS) is 15.6. The van der Waals surface area contributed by atoms with Gasteiger partial charge in [0.25, 0.3) is 5.91 Å². The minimum Gasteiger partial charge on any atom is -0.508 e. The monoisotopic (exact) mass is 490 g/mol. The molecule has 0 atom stereocenters. The van der Waals surface area contributed by atoms with Crippen LogP contribution in [0.15, 0.2) is 36.8 Å². The average molecular weight is 491 g/mol. The van der Waals surface area contributed by atoms with Gasteiger partial charge in [0.2, 0.25) is 6.41 Å². The Labute approximate surface area is 209 Å². The molecule has 5 rings (SSSR count). The van der Waals surface area contributed by atoms with E-state index in [-0.39, 0.29) is 17.7 Å². The molecule has 11 heteroatoms. The molecule has 4 heterocycles. The van der Waals surface area contributed by atoms with E-state index < -0.39 is 0 Å². The molecule has 0 spiro atoms. The summed E-state index contributed by atoms with van der Waals surface area (Å²) in [6.07, 6.45) is 6.38. The number of nitrogens with one attached hydrogen (secondary N) is 2. The topological polar surface area (TPSA) is 131 Å². The third-order valence-electron chi connectivity index (χ3n) is 7.07. The van der Waals surface area contributed by atoms with Gasteiger partial charge >= 0.3 is 0 Å². The number of carbonyl (C=O) groups is 2. The number of piperidine rings is 1. The van der Waals surface area contributed by atoms with Crippen LogP contribution >= 0.6 is 0 Å². The van der Waals surface area contributed by atoms with E-state index in [2.05, 4.69) is 30.4 Å². The van der Waals surface area contributed by atoms with Gasteiger partial charge in [-0.1, -0.05) is 0 Å². The van der Waals surface area contributed by atoms with Crippen LogP contribution in [0.1, 0.15) is 40.2 Å². The molecule has 1 saturated heterocycles. The molecule has 1 fully saturated rings. The Bertz CT molecular complexity index is 1220. The van der Waals surface area contributed by atoms with Crippen molar-refractivity contribution in [3.8, 4) is 5.75 Å². The zero-order valence-corrected chi connectivity index (χ0v) is 20.2. The molecule has 0 aliphatic carbocycles. The number of anilines is 2. The summed E-state index contributed by atoms with van der Waals surface area (Å²) in [5, 5.41) is 19.9. The second-order valence-corrected chi connectivity index (χ2v) is 9.20. The lowest BCUT2D eigenvalue weighted by Crippen LogP contribution is -2.45. The van der Waals surface area contributed by atoms with Crippen LogP contribution in [0, 0.1) is 0 Å². The zero-order chi connectivity index (χ0) is 25.1. The predicted molar refractivity (Wildman–Crippen MR) is 134 cm³/mol. The molecule has 2 amide bonds. The minimum atomic E-state index is -0.127. The van der Waals surface area contributed by atoms with Gasteiger partial charge in [-0.3, -0.25) is 14.7 Å². The summed E-state index contributed by atoms with van der Waals surface area (Å²) in [7, 11) is 1.84. The standard InChI is InChI=1S/C25H30N8O3/c1-26-21-3-2-20(35)10-17(21)4-7-32(16-34)19-5-8-31(9-6-19)24-11-22(27-15-28-24)25(36)33-13-18-12-29-30-23(18)14-33/h2-3,10-12,15-16,19,26,35H,4-9,13-14H2,1H3,(H,29,30). The van der Waals surface area contributed by atoms with Gasteiger partial charge in [-0.25, -0.2) is 9.97 Å². The van der Waals surface area contributed by atoms with Crippen LogP contribution < -0.4 is 10.2 Å². The second kappa shape index (κ2) is 10.2. The Morgan fingerprint density at radius 3 is 2.83 bits per heavy atom. The number of hydrogen-bond donors (Lipinski definition) is 3. The molecule has 0 bridgehead atoms. The Morgan fingerprint density at radius 1 is 1.25 bits per heavy atom. The van der Waals surface area contributed by atoms with E-state index in [9.17, 15) is 14.7 Å². The van der Waals surface area contributed by atoms with E-state index in [1.807, 2.05) is 18.0 Å². The fourth-order valence-corrected chi connectivity index (χ4v) is 5.03. The second-order valence-electron chi connectivity index (χ2n) is 9.20. The third kappa shape index (κ3) is 4.81. The SMILES string of the molecule is CNc1ccc(O)cc1CCN(C=O)C1CCN(c2cc(C(=O)N3Cc4cn[nH]c4C3)ncn2)CC1. The van der Waals surface area contributed by atoms with Gasteiger partial charge in [-0.15, -0.1) is 0 Å². The van der Waals surface area contributed by atoms with E-state index in [1.54, 1.807) is 29.3 Å². The van der Waals surface area contributed by atoms with Crippen molar-refractivity contribution in [1.29, 1.82) is 0 Å². The first-order valence-electron chi connectivity index (χ1n) is 12.1. The number of phenols is 1. The molecule has 2 aromatic heterocycles. The lowest BCUT2D eigenvalue weighted by atomic mass is 10.0. The zero-order valence-electron chi connectivity index (χ0n) is 20.2. The fraction of sp³-hybridized carbons (Fsp3) is 0.400. The minimum absolute atomic E-state index is 0.127. The first-order chi connectivity index (χ1) is 17.6. The lowest BCUT2D eigenvalue weighted by molar-refractivity contribution is -0.120. The maximum absolute atomic E-state index is 13.0. The number of fused-ring (bicyclic) bond motifs is 1. The van der Waals surface area contributed by atoms with Crippen LogP contribution in [-0.2, 0) is 24.3 Å². The van der Waals surface area contributed by atoms with Crippen LogP contribution in [0.4, 0.5) is 11.5 Å². The van der Waals surface area contributed by atoms with E-state index in [0.717, 1.165) is 60.7 Å². The van der Waals surface area contributed by atoms with Gasteiger partial charge in [0.05, 0.1) is 18.4 Å². The van der Waals surface area contributed by atoms with Gasteiger partial charge in [0, 0.05) is 56.6 Å². The summed E-state index contributed by atoms with van der Waals surface area (Å²) in [4.78, 5) is 39.3. The van der Waals surface area contributed by atoms with Crippen LogP contribution in [-0.4, -0.2) is 80.1 Å². The molecular formula is C25H30N8O3. The summed E-state index contributed by atoms with van der Waals surface area (Å²) >= 11 is 0. The van der Waals surface area contributed by atoms with E-state index in [1.165, 1.54) is 6.33 Å². The van der Waals surface area contributed by atoms with Crippen LogP contribution in [0.3, 0.4) is 0 Å². The number of aromatic hydroxyl groups is 1. The van der Waals surface area contributed by atoms with Crippen molar-refractivity contribution < 1.29 is 14.7 Å². The number of rotatable bonds is 8. The first kappa shape index (κ1) is 23.6. The summed E-state index contributed by atoms with van der Waals surface area (Å²) in [6.45, 7) is 3.06. The molecule has 36 heavy (non-hydrogen) atoms. The number of hydrogen-bond acceptors (Lipinski definition) is 8. The third-order valence-corrected chi connectivity index (χ3v) is 7.07. The summed E-state index contributed by atoms with van der Waals surface area (Å²) in [5.41, 5.74) is 4.29. The van der Waals surface area contributed by atoms with Gasteiger partial charge in [-0.2, -0.15) is 5.10 Å². The van der Waals surface area contributed by atoms with Crippen molar-refractivity contribution in [2.45, 2.75) is 38.4 Å². The molecule has 3 aromatic rings. The highest BCUT2D eigenvalue weighted by atomic mass is 16.3. The van der Waals surface area contributed by atoms with E-state index >= 15 is 0 Å². The molecule has 1 aromatic carbocycles. The van der Waals surface area contributed by atoms with Crippen LogP contribution in [0.5, 0.6) is 5.75 Å². The van der Waals surface area contributed by atoms with Gasteiger partial charge in [-0.05, 0) is 43.0 Å². The number of phenolic OH excluding ortho intramolecular Hbond substituents is 1. The molecule has 0 radical (unpaired) electrons. The number of nitrogens with zero attached hydrogens (tertiary/aromatic N) is 6. The summed E-state index contributed by atoms with van der Waals surface area (Å²) in [5.74, 6) is 0.814. The Hall–Kier alpha value is -4.15. The lowest BCUT2D eigenvalue weighted by Gasteiger charge is -2.37. The number of aromatic amines is 1. The molecule has 188 valence electrons. The predicted octanol–water partition coefficient (Wildman–Crippen LogP) is 1.77. The molecule has 2 aliphatic rings. The van der Waals surface area contributed by atoms with Crippen LogP contribution in [0.25, 0.3) is 0 Å². The van der Waals surface area contributed by atoms with Crippen molar-refractivity contribution >= 4 is 23.8 Å². The quantitative estimate of drug-likeness (QED) is 0.322. The maximum Gasteiger partial charge on any atom is 0.273 e. The van der Waals surface area contributed by atoms with E-state index in [4.69, 9.17) is 0 Å². The van der Waals surface area contributed by atoms with Crippen molar-refractivity contribution in [2.75, 3.05) is 36.9 Å². The number of H-pyrrole nitrogens is 1. The largest absolute Gasteiger partial charge is 0.508 e. The van der Waals surface area contributed by atoms with Crippen molar-refractivity contribution in [1.82, 2.24) is 30.0 Å². The number of amides is 2. The number of carbonyl (C=O) groups excluding carboxylic acids is 2. The first-order valence-corrected chi connectivity index (χ1v) is 12.1. The van der Waals surface area contributed by atoms with Gasteiger partial charge in [0.15, 0.2) is 0 Å². The Kier molecular flexibility index (Phi) is 6.70. The number of aromatic nitrogens is 4. The van der Waals surface area contributed by atoms with Crippen molar-refractivity contribution in [3.63, 3.8) is 0 Å². The molecule has 2 aliphatic heterocycles. The molecule has 3 N–H and O–H groups in total. The van der Waals surface area contributed by atoms with Crippen LogP contribution in [0.2, 0.25) is 0 Å². The Morgan fingerprint density at radius 2 is 2.08 bits per heavy atom. The van der Waals surface area contributed by atoms with Crippen molar-refractivity contribution in [2.24, 2.45) is 0 Å². The van der Waals surface area contributed by atoms with E-state index in [0.29, 0.717) is 31.7 Å². The van der Waals surface area contributed by atoms with Gasteiger partial charge < -0.3 is 25.1 Å². The molecule has 0 saturated carbocycles. The highest BCUT2D eigenvalue weighted by Crippen LogP contribution is 2.25. The average Bonchev–Trinajstić information content (AvgIpc) is 3.52. The highest BCUT2D eigenvalue weighted by molar-refractivity contribution is 5.93. The Balaban J connectivity index is 1.18.